The smallest absolute Gasteiger partial charge is 0.335 e. The average molecular weight is 407 g/mol. The van der Waals surface area contributed by atoms with Gasteiger partial charge in [-0.3, -0.25) is 4.79 Å². The van der Waals surface area contributed by atoms with Gasteiger partial charge in [-0.2, -0.15) is 5.26 Å². The van der Waals surface area contributed by atoms with E-state index < -0.39 is 11.8 Å². The minimum absolute atomic E-state index is 0.0218. The minimum atomic E-state index is -1.05. The van der Waals surface area contributed by atoms with E-state index in [1.807, 2.05) is 6.92 Å². The Morgan fingerprint density at radius 1 is 1.23 bits per heavy atom. The predicted molar refractivity (Wildman–Crippen MR) is 110 cm³/mol. The molecule has 6 nitrogen and oxygen atoms in total. The lowest BCUT2D eigenvalue weighted by Gasteiger charge is -2.46. The quantitative estimate of drug-likeness (QED) is 0.787. The van der Waals surface area contributed by atoms with Gasteiger partial charge in [-0.1, -0.05) is 6.92 Å². The maximum absolute atomic E-state index is 14.2. The van der Waals surface area contributed by atoms with Crippen LogP contribution in [0, 0.1) is 29.0 Å². The third-order valence-corrected chi connectivity index (χ3v) is 6.09. The van der Waals surface area contributed by atoms with Crippen molar-refractivity contribution in [3.05, 3.63) is 58.9 Å². The summed E-state index contributed by atoms with van der Waals surface area (Å²) in [5.74, 6) is -1.39. The van der Waals surface area contributed by atoms with Crippen molar-refractivity contribution in [2.75, 3.05) is 10.2 Å². The number of halogens is 1. The van der Waals surface area contributed by atoms with Crippen molar-refractivity contribution in [2.45, 2.75) is 38.8 Å². The molecule has 2 aromatic carbocycles. The summed E-state index contributed by atoms with van der Waals surface area (Å²) in [6, 6.07) is 10.6. The second kappa shape index (κ2) is 7.45. The van der Waals surface area contributed by atoms with Gasteiger partial charge in [0.1, 0.15) is 11.9 Å². The number of hydrogen-bond donors (Lipinski definition) is 2. The summed E-state index contributed by atoms with van der Waals surface area (Å²) in [6.45, 7) is 3.56. The number of anilines is 2. The maximum Gasteiger partial charge on any atom is 0.335 e. The fraction of sp³-hybridized carbons (Fsp3) is 0.348. The zero-order valence-electron chi connectivity index (χ0n) is 16.7. The predicted octanol–water partition coefficient (Wildman–Crippen LogP) is 4.33. The van der Waals surface area contributed by atoms with Gasteiger partial charge >= 0.3 is 5.97 Å². The summed E-state index contributed by atoms with van der Waals surface area (Å²) in [4.78, 5) is 25.9. The Hall–Kier alpha value is -3.40. The fourth-order valence-electron chi connectivity index (χ4n) is 4.57. The normalized spacial score (nSPS) is 22.7. The van der Waals surface area contributed by atoms with Crippen LogP contribution in [0.1, 0.15) is 54.2 Å². The Labute approximate surface area is 173 Å². The van der Waals surface area contributed by atoms with Gasteiger partial charge in [0.2, 0.25) is 5.91 Å². The minimum Gasteiger partial charge on any atom is -0.478 e. The zero-order valence-corrected chi connectivity index (χ0v) is 16.7. The molecule has 1 fully saturated rings. The highest BCUT2D eigenvalue weighted by molar-refractivity contribution is 5.96. The molecule has 7 heteroatoms. The second-order valence-electron chi connectivity index (χ2n) is 8.08. The van der Waals surface area contributed by atoms with Crippen molar-refractivity contribution in [1.29, 1.82) is 5.26 Å². The number of nitrogens with one attached hydrogen (secondary N) is 1. The number of carboxylic acid groups (broad SMARTS) is 1. The zero-order chi connectivity index (χ0) is 21.6. The summed E-state index contributed by atoms with van der Waals surface area (Å²) in [7, 11) is 0. The molecule has 30 heavy (non-hydrogen) atoms. The first-order valence-corrected chi connectivity index (χ1v) is 9.95. The van der Waals surface area contributed by atoms with Crippen LogP contribution in [0.5, 0.6) is 0 Å². The molecule has 154 valence electrons. The summed E-state index contributed by atoms with van der Waals surface area (Å²) in [5, 5.41) is 21.8. The van der Waals surface area contributed by atoms with E-state index in [1.54, 1.807) is 29.2 Å². The van der Waals surface area contributed by atoms with E-state index in [-0.39, 0.29) is 35.0 Å². The molecule has 1 aliphatic heterocycles. The van der Waals surface area contributed by atoms with E-state index in [4.69, 9.17) is 5.26 Å². The molecular weight excluding hydrogens is 385 g/mol. The number of benzene rings is 2. The molecule has 1 amide bonds. The van der Waals surface area contributed by atoms with Crippen molar-refractivity contribution in [1.82, 2.24) is 0 Å². The molecule has 0 bridgehead atoms. The van der Waals surface area contributed by atoms with E-state index in [0.717, 1.165) is 12.8 Å². The van der Waals surface area contributed by atoms with Crippen LogP contribution in [0.2, 0.25) is 0 Å². The molecule has 1 saturated carbocycles. The topological polar surface area (TPSA) is 93.4 Å². The van der Waals surface area contributed by atoms with Gasteiger partial charge in [-0.25, -0.2) is 9.18 Å². The number of amides is 1. The summed E-state index contributed by atoms with van der Waals surface area (Å²) < 4.78 is 14.2. The number of nitriles is 1. The third-order valence-electron chi connectivity index (χ3n) is 6.09. The summed E-state index contributed by atoms with van der Waals surface area (Å²) >= 11 is 0. The van der Waals surface area contributed by atoms with Gasteiger partial charge in [0.15, 0.2) is 0 Å². The molecular formula is C23H22FN3O3. The fourth-order valence-corrected chi connectivity index (χ4v) is 4.57. The lowest BCUT2D eigenvalue weighted by molar-refractivity contribution is -0.117. The monoisotopic (exact) mass is 407 g/mol. The van der Waals surface area contributed by atoms with Crippen LogP contribution in [0.4, 0.5) is 15.8 Å². The van der Waals surface area contributed by atoms with E-state index in [2.05, 4.69) is 5.32 Å². The third kappa shape index (κ3) is 3.39. The molecule has 0 spiro atoms. The highest BCUT2D eigenvalue weighted by Gasteiger charge is 2.47. The molecule has 2 aliphatic rings. The molecule has 2 N–H and O–H groups in total. The Balaban J connectivity index is 1.82. The number of carbonyl (C=O) groups is 2. The number of fused-ring (bicyclic) bond motifs is 1. The van der Waals surface area contributed by atoms with Crippen LogP contribution in [0.15, 0.2) is 36.4 Å². The van der Waals surface area contributed by atoms with E-state index in [1.165, 1.54) is 25.1 Å². The standard InChI is InChI=1S/C23H22FN3O3/c1-12-21(26-17-7-5-16(11-25)19(24)10-17)18-9-15(23(29)30)6-8-20(18)27(13(2)28)22(12)14-3-4-14/h5-10,12,14,21-22,26H,3-4H2,1-2H3,(H,29,30)/t12-,21-,22-/m1/s1. The van der Waals surface area contributed by atoms with Crippen LogP contribution in [0.25, 0.3) is 0 Å². The molecule has 4 rings (SSSR count). The van der Waals surface area contributed by atoms with Gasteiger partial charge in [-0.05, 0) is 60.7 Å². The van der Waals surface area contributed by atoms with Crippen molar-refractivity contribution < 1.29 is 19.1 Å². The molecule has 0 aromatic heterocycles. The van der Waals surface area contributed by atoms with Crippen molar-refractivity contribution in [2.24, 2.45) is 11.8 Å². The Bertz CT molecular complexity index is 1070. The second-order valence-corrected chi connectivity index (χ2v) is 8.08. The van der Waals surface area contributed by atoms with Gasteiger partial charge in [0, 0.05) is 30.3 Å². The lowest BCUT2D eigenvalue weighted by Crippen LogP contribution is -2.51. The Morgan fingerprint density at radius 2 is 1.97 bits per heavy atom. The molecule has 3 atom stereocenters. The number of carboxylic acids is 1. The van der Waals surface area contributed by atoms with E-state index >= 15 is 0 Å². The van der Waals surface area contributed by atoms with Gasteiger partial charge < -0.3 is 15.3 Å². The van der Waals surface area contributed by atoms with Crippen LogP contribution in [-0.4, -0.2) is 23.0 Å². The molecule has 0 saturated heterocycles. The highest BCUT2D eigenvalue weighted by Crippen LogP contribution is 2.50. The first-order valence-electron chi connectivity index (χ1n) is 9.95. The van der Waals surface area contributed by atoms with E-state index in [9.17, 15) is 19.1 Å². The van der Waals surface area contributed by atoms with Gasteiger partial charge in [-0.15, -0.1) is 0 Å². The molecule has 2 aromatic rings. The summed E-state index contributed by atoms with van der Waals surface area (Å²) in [6.07, 6.45) is 2.08. The van der Waals surface area contributed by atoms with Crippen molar-refractivity contribution in [3.63, 3.8) is 0 Å². The molecule has 1 aliphatic carbocycles. The SMILES string of the molecule is CC(=O)N1c2ccc(C(=O)O)cc2[C@H](Nc2ccc(C#N)c(F)c2)[C@@H](C)[C@@H]1C1CC1. The maximum atomic E-state index is 14.2. The Kier molecular flexibility index (Phi) is 4.94. The molecule has 0 unspecified atom stereocenters. The van der Waals surface area contributed by atoms with Crippen LogP contribution in [-0.2, 0) is 4.79 Å². The molecule has 1 heterocycles. The van der Waals surface area contributed by atoms with E-state index in [0.29, 0.717) is 22.9 Å². The summed E-state index contributed by atoms with van der Waals surface area (Å²) in [5.41, 5.74) is 1.98. The van der Waals surface area contributed by atoms with Crippen molar-refractivity contribution >= 4 is 23.3 Å². The van der Waals surface area contributed by atoms with Crippen LogP contribution in [0.3, 0.4) is 0 Å². The first kappa shape index (κ1) is 19.9. The molecule has 0 radical (unpaired) electrons. The Morgan fingerprint density at radius 3 is 2.53 bits per heavy atom. The van der Waals surface area contributed by atoms with Crippen molar-refractivity contribution in [3.8, 4) is 6.07 Å². The van der Waals surface area contributed by atoms with Crippen LogP contribution < -0.4 is 10.2 Å². The van der Waals surface area contributed by atoms with Gasteiger partial charge in [0.05, 0.1) is 17.2 Å². The first-order chi connectivity index (χ1) is 14.3. The van der Waals surface area contributed by atoms with Crippen LogP contribution >= 0.6 is 0 Å². The number of rotatable bonds is 4. The number of carbonyl (C=O) groups excluding carboxylic acids is 1. The average Bonchev–Trinajstić information content (AvgIpc) is 3.54. The highest BCUT2D eigenvalue weighted by atomic mass is 19.1. The number of hydrogen-bond acceptors (Lipinski definition) is 4. The number of aromatic carboxylic acids is 1. The van der Waals surface area contributed by atoms with Gasteiger partial charge in [0.25, 0.3) is 0 Å². The number of nitrogens with zero attached hydrogens (tertiary/aromatic N) is 2. The lowest BCUT2D eigenvalue weighted by atomic mass is 9.79. The largest absolute Gasteiger partial charge is 0.478 e.